The average Bonchev–Trinajstić information content (AvgIpc) is 3.41. The van der Waals surface area contributed by atoms with Gasteiger partial charge in [0.25, 0.3) is 11.6 Å². The summed E-state index contributed by atoms with van der Waals surface area (Å²) in [6, 6.07) is 18.2. The van der Waals surface area contributed by atoms with Gasteiger partial charge in [-0.25, -0.2) is 9.80 Å². The second kappa shape index (κ2) is 12.4. The molecule has 216 valence electrons. The minimum Gasteiger partial charge on any atom is -0.497 e. The third-order valence-corrected chi connectivity index (χ3v) is 7.71. The van der Waals surface area contributed by atoms with E-state index in [1.807, 2.05) is 48.5 Å². The zero-order valence-corrected chi connectivity index (χ0v) is 23.7. The van der Waals surface area contributed by atoms with Crippen molar-refractivity contribution in [2.24, 2.45) is 11.0 Å². The number of rotatable bonds is 8. The Morgan fingerprint density at radius 2 is 1.71 bits per heavy atom. The maximum absolute atomic E-state index is 13.6. The van der Waals surface area contributed by atoms with E-state index in [9.17, 15) is 19.7 Å². The van der Waals surface area contributed by atoms with Crippen LogP contribution >= 0.6 is 11.6 Å². The second-order valence-corrected chi connectivity index (χ2v) is 10.3. The molecule has 42 heavy (non-hydrogen) atoms. The second-order valence-electron chi connectivity index (χ2n) is 9.88. The number of benzene rings is 3. The summed E-state index contributed by atoms with van der Waals surface area (Å²) in [5.41, 5.74) is 3.19. The van der Waals surface area contributed by atoms with Crippen molar-refractivity contribution in [3.05, 3.63) is 104 Å². The molecule has 0 radical (unpaired) electrons. The highest BCUT2D eigenvalue weighted by Gasteiger charge is 2.44. The van der Waals surface area contributed by atoms with E-state index in [4.69, 9.17) is 30.9 Å². The van der Waals surface area contributed by atoms with Crippen molar-refractivity contribution in [3.8, 4) is 11.5 Å². The highest BCUT2D eigenvalue weighted by molar-refractivity contribution is 6.33. The molecule has 0 unspecified atom stereocenters. The number of esters is 1. The summed E-state index contributed by atoms with van der Waals surface area (Å²) in [6.45, 7) is -0.620. The van der Waals surface area contributed by atoms with Gasteiger partial charge in [0.15, 0.2) is 6.61 Å². The van der Waals surface area contributed by atoms with Crippen LogP contribution in [0.4, 0.5) is 5.69 Å². The summed E-state index contributed by atoms with van der Waals surface area (Å²) in [5.74, 6) is -0.0993. The molecule has 0 aromatic heterocycles. The number of amides is 1. The Kier molecular flexibility index (Phi) is 8.53. The lowest BCUT2D eigenvalue weighted by Gasteiger charge is -2.29. The van der Waals surface area contributed by atoms with Crippen LogP contribution in [0.5, 0.6) is 11.5 Å². The summed E-state index contributed by atoms with van der Waals surface area (Å²) >= 11 is 6.08. The van der Waals surface area contributed by atoms with Gasteiger partial charge < -0.3 is 14.2 Å². The number of halogens is 1. The SMILES string of the molecule is COc1ccc(/C=C2/CCC[C@H]3C2=NN(C(=O)COC(=O)c2cc([N+](=O)[O-])ccc2Cl)[C@H]3c2ccc(OC)cc2)cc1. The molecule has 2 atom stereocenters. The van der Waals surface area contributed by atoms with Gasteiger partial charge in [-0.15, -0.1) is 0 Å². The Labute approximate surface area is 247 Å². The Hall–Kier alpha value is -4.70. The number of nitro groups is 1. The van der Waals surface area contributed by atoms with E-state index in [1.54, 1.807) is 14.2 Å². The molecular formula is C31H28ClN3O7. The predicted molar refractivity (Wildman–Crippen MR) is 157 cm³/mol. The molecule has 3 aromatic carbocycles. The Bertz CT molecular complexity index is 1570. The molecule has 1 saturated carbocycles. The first-order chi connectivity index (χ1) is 20.3. The molecule has 1 aliphatic heterocycles. The highest BCUT2D eigenvalue weighted by atomic mass is 35.5. The molecule has 0 saturated heterocycles. The van der Waals surface area contributed by atoms with Crippen molar-refractivity contribution in [2.75, 3.05) is 20.8 Å². The van der Waals surface area contributed by atoms with Gasteiger partial charge in [0.05, 0.1) is 41.5 Å². The fourth-order valence-electron chi connectivity index (χ4n) is 5.30. The maximum Gasteiger partial charge on any atom is 0.340 e. The van der Waals surface area contributed by atoms with Crippen molar-refractivity contribution < 1.29 is 28.7 Å². The van der Waals surface area contributed by atoms with Gasteiger partial charge in [-0.3, -0.25) is 14.9 Å². The highest BCUT2D eigenvalue weighted by Crippen LogP contribution is 2.44. The quantitative estimate of drug-likeness (QED) is 0.173. The lowest BCUT2D eigenvalue weighted by Crippen LogP contribution is -2.34. The van der Waals surface area contributed by atoms with Crippen molar-refractivity contribution >= 4 is 41.0 Å². The first kappa shape index (κ1) is 28.8. The average molecular weight is 590 g/mol. The number of allylic oxidation sites excluding steroid dienone is 1. The number of fused-ring (bicyclic) bond motifs is 1. The summed E-state index contributed by atoms with van der Waals surface area (Å²) in [5, 5.41) is 17.3. The van der Waals surface area contributed by atoms with E-state index in [1.165, 1.54) is 17.1 Å². The molecule has 5 rings (SSSR count). The molecular weight excluding hydrogens is 562 g/mol. The summed E-state index contributed by atoms with van der Waals surface area (Å²) < 4.78 is 15.9. The lowest BCUT2D eigenvalue weighted by atomic mass is 9.77. The standard InChI is InChI=1S/C31H28ClN3O7/c1-40-23-11-6-19(7-12-23)16-21-4-3-5-25-29(21)33-34(30(25)20-8-13-24(41-2)14-9-20)28(36)18-42-31(37)26-17-22(35(38)39)10-15-27(26)32/h6-17,25,30H,3-5,18H2,1-2H3/b21-16-/t25-,30-/m0/s1. The first-order valence-electron chi connectivity index (χ1n) is 13.3. The number of carbonyl (C=O) groups excluding carboxylic acids is 2. The van der Waals surface area contributed by atoms with E-state index in [-0.39, 0.29) is 22.2 Å². The number of methoxy groups -OCH3 is 2. The van der Waals surface area contributed by atoms with Crippen LogP contribution in [0.1, 0.15) is 46.8 Å². The van der Waals surface area contributed by atoms with E-state index in [0.717, 1.165) is 53.5 Å². The third-order valence-electron chi connectivity index (χ3n) is 7.38. The Morgan fingerprint density at radius 1 is 1.05 bits per heavy atom. The van der Waals surface area contributed by atoms with Crippen LogP contribution in [0.2, 0.25) is 5.02 Å². The fraction of sp³-hybridized carbons (Fsp3) is 0.258. The Morgan fingerprint density at radius 3 is 2.36 bits per heavy atom. The first-order valence-corrected chi connectivity index (χ1v) is 13.7. The van der Waals surface area contributed by atoms with Crippen LogP contribution in [0, 0.1) is 16.0 Å². The van der Waals surface area contributed by atoms with Gasteiger partial charge in [0, 0.05) is 18.1 Å². The van der Waals surface area contributed by atoms with Crippen molar-refractivity contribution in [1.29, 1.82) is 0 Å². The van der Waals surface area contributed by atoms with Gasteiger partial charge in [0.1, 0.15) is 11.5 Å². The Balaban J connectivity index is 1.43. The predicted octanol–water partition coefficient (Wildman–Crippen LogP) is 6.25. The van der Waals surface area contributed by atoms with Crippen LogP contribution in [-0.4, -0.2) is 48.3 Å². The number of hydrazone groups is 1. The van der Waals surface area contributed by atoms with Gasteiger partial charge >= 0.3 is 5.97 Å². The van der Waals surface area contributed by atoms with Gasteiger partial charge in [-0.2, -0.15) is 5.10 Å². The molecule has 11 heteroatoms. The van der Waals surface area contributed by atoms with Crippen molar-refractivity contribution in [1.82, 2.24) is 5.01 Å². The molecule has 0 bridgehead atoms. The minimum absolute atomic E-state index is 0.0186. The van der Waals surface area contributed by atoms with E-state index in [2.05, 4.69) is 6.08 Å². The number of ether oxygens (including phenoxy) is 3. The number of non-ortho nitro benzene ring substituents is 1. The number of carbonyl (C=O) groups is 2. The topological polar surface area (TPSA) is 121 Å². The zero-order valence-electron chi connectivity index (χ0n) is 23.0. The number of nitrogens with zero attached hydrogens (tertiary/aromatic N) is 3. The van der Waals surface area contributed by atoms with Crippen LogP contribution in [-0.2, 0) is 9.53 Å². The molecule has 1 amide bonds. The summed E-state index contributed by atoms with van der Waals surface area (Å²) in [4.78, 5) is 36.8. The molecule has 10 nitrogen and oxygen atoms in total. The molecule has 1 aliphatic carbocycles. The van der Waals surface area contributed by atoms with Crippen LogP contribution in [0.3, 0.4) is 0 Å². The van der Waals surface area contributed by atoms with Gasteiger partial charge in [-0.05, 0) is 72.4 Å². The summed E-state index contributed by atoms with van der Waals surface area (Å²) in [7, 11) is 3.20. The molecule has 0 N–H and O–H groups in total. The van der Waals surface area contributed by atoms with Crippen molar-refractivity contribution in [2.45, 2.75) is 25.3 Å². The largest absolute Gasteiger partial charge is 0.497 e. The summed E-state index contributed by atoms with van der Waals surface area (Å²) in [6.07, 6.45) is 4.62. The number of hydrogen-bond donors (Lipinski definition) is 0. The number of hydrogen-bond acceptors (Lipinski definition) is 8. The van der Waals surface area contributed by atoms with Gasteiger partial charge in [-0.1, -0.05) is 35.9 Å². The van der Waals surface area contributed by atoms with E-state index < -0.39 is 29.4 Å². The molecule has 1 heterocycles. The minimum atomic E-state index is -0.942. The zero-order chi connectivity index (χ0) is 29.8. The normalized spacial score (nSPS) is 18.7. The monoisotopic (exact) mass is 589 g/mol. The molecule has 3 aromatic rings. The van der Waals surface area contributed by atoms with Crippen molar-refractivity contribution in [3.63, 3.8) is 0 Å². The van der Waals surface area contributed by atoms with Gasteiger partial charge in [0.2, 0.25) is 0 Å². The van der Waals surface area contributed by atoms with Crippen LogP contribution in [0.25, 0.3) is 6.08 Å². The van der Waals surface area contributed by atoms with E-state index in [0.29, 0.717) is 5.75 Å². The van der Waals surface area contributed by atoms with Crippen LogP contribution in [0.15, 0.2) is 77.4 Å². The number of nitro benzene ring substituents is 1. The maximum atomic E-state index is 13.6. The molecule has 2 aliphatic rings. The molecule has 1 fully saturated rings. The fourth-order valence-corrected chi connectivity index (χ4v) is 5.49. The molecule has 0 spiro atoms. The smallest absolute Gasteiger partial charge is 0.340 e. The van der Waals surface area contributed by atoms with E-state index >= 15 is 0 Å². The van der Waals surface area contributed by atoms with Crippen LogP contribution < -0.4 is 9.47 Å². The lowest BCUT2D eigenvalue weighted by molar-refractivity contribution is -0.384. The third kappa shape index (κ3) is 5.99.